The van der Waals surface area contributed by atoms with E-state index in [4.69, 9.17) is 34.2 Å². The molecule has 1 aromatic carbocycles. The van der Waals surface area contributed by atoms with E-state index >= 15 is 0 Å². The molecule has 2 heterocycles. The molecule has 0 saturated carbocycles. The van der Waals surface area contributed by atoms with Gasteiger partial charge in [0.25, 0.3) is 0 Å². The van der Waals surface area contributed by atoms with Crippen LogP contribution in [-0.4, -0.2) is 86.9 Å². The highest BCUT2D eigenvalue weighted by atomic mass is 127. The van der Waals surface area contributed by atoms with Crippen molar-refractivity contribution in [1.29, 1.82) is 0 Å². The Morgan fingerprint density at radius 1 is 0.881 bits per heavy atom. The summed E-state index contributed by atoms with van der Waals surface area (Å²) in [5.74, 6) is 12.9. The highest BCUT2D eigenvalue weighted by Gasteiger charge is 2.26. The van der Waals surface area contributed by atoms with Gasteiger partial charge >= 0.3 is 6.85 Å². The second kappa shape index (κ2) is 18.1. The molecule has 0 unspecified atom stereocenters. The fraction of sp³-hybridized carbons (Fsp3) is 0.406. The Morgan fingerprint density at radius 2 is 1.50 bits per heavy atom. The summed E-state index contributed by atoms with van der Waals surface area (Å²) >= 11 is 2.32. The highest BCUT2D eigenvalue weighted by Crippen LogP contribution is 2.37. The van der Waals surface area contributed by atoms with Gasteiger partial charge in [0.15, 0.2) is 0 Å². The molecule has 1 aromatic heterocycles. The van der Waals surface area contributed by atoms with E-state index < -0.39 is 6.85 Å². The zero-order valence-electron chi connectivity index (χ0n) is 24.7. The molecule has 2 aromatic rings. The molecule has 222 valence electrons. The summed E-state index contributed by atoms with van der Waals surface area (Å²) < 4.78 is 24.7. The van der Waals surface area contributed by atoms with Gasteiger partial charge in [-0.1, -0.05) is 24.0 Å². The van der Waals surface area contributed by atoms with Crippen LogP contribution in [0.5, 0.6) is 0 Å². The van der Waals surface area contributed by atoms with E-state index in [2.05, 4.69) is 108 Å². The van der Waals surface area contributed by atoms with E-state index in [9.17, 15) is 0 Å². The van der Waals surface area contributed by atoms with E-state index in [1.807, 2.05) is 6.92 Å². The molecule has 1 aliphatic heterocycles. The maximum absolute atomic E-state index is 8.84. The first kappa shape index (κ1) is 33.8. The number of nitrogens with zero attached hydrogens (tertiary/aromatic N) is 2. The molecule has 0 aliphatic carbocycles. The minimum atomic E-state index is -0.476. The molecular formula is C32H38BIN2O6. The first-order valence-corrected chi connectivity index (χ1v) is 14.9. The third-order valence-corrected chi connectivity index (χ3v) is 6.99. The third kappa shape index (κ3) is 9.96. The molecule has 8 nitrogen and oxygen atoms in total. The van der Waals surface area contributed by atoms with Crippen molar-refractivity contribution in [3.63, 3.8) is 0 Å². The molecule has 0 bridgehead atoms. The number of hydrogen-bond donors (Lipinski definition) is 2. The fourth-order valence-corrected chi connectivity index (χ4v) is 4.92. The van der Waals surface area contributed by atoms with Gasteiger partial charge in [0.05, 0.1) is 45.3 Å². The van der Waals surface area contributed by atoms with E-state index in [1.165, 1.54) is 0 Å². The average molecular weight is 684 g/mol. The maximum Gasteiger partial charge on any atom is 0.433 e. The molecule has 0 radical (unpaired) electrons. The van der Waals surface area contributed by atoms with Crippen LogP contribution in [0.1, 0.15) is 36.4 Å². The molecule has 0 amide bonds. The highest BCUT2D eigenvalue weighted by molar-refractivity contribution is 14.1. The van der Waals surface area contributed by atoms with Crippen molar-refractivity contribution >= 4 is 40.7 Å². The minimum Gasteiger partial charge on any atom is -0.394 e. The second-order valence-electron chi connectivity index (χ2n) is 9.52. The molecule has 0 atom stereocenters. The van der Waals surface area contributed by atoms with Crippen LogP contribution in [0.25, 0.3) is 5.57 Å². The Bertz CT molecular complexity index is 1410. The predicted octanol–water partition coefficient (Wildman–Crippen LogP) is 3.82. The van der Waals surface area contributed by atoms with E-state index in [-0.39, 0.29) is 33.2 Å². The van der Waals surface area contributed by atoms with Gasteiger partial charge < -0.3 is 33.6 Å². The number of hydrogen-bond acceptors (Lipinski definition) is 7. The fourth-order valence-electron chi connectivity index (χ4n) is 4.56. The van der Waals surface area contributed by atoms with E-state index in [1.54, 1.807) is 0 Å². The number of aryl methyl sites for hydroxylation is 2. The van der Waals surface area contributed by atoms with Gasteiger partial charge in [0.1, 0.15) is 20.0 Å². The van der Waals surface area contributed by atoms with E-state index in [0.717, 1.165) is 48.6 Å². The Kier molecular flexibility index (Phi) is 14.6. The van der Waals surface area contributed by atoms with Crippen LogP contribution in [-0.2, 0) is 18.9 Å². The lowest BCUT2D eigenvalue weighted by molar-refractivity contribution is -0.0253. The summed E-state index contributed by atoms with van der Waals surface area (Å²) in [6.07, 6.45) is 2.11. The summed E-state index contributed by atoms with van der Waals surface area (Å²) in [5.41, 5.74) is 8.25. The SMILES string of the molecule is CC1=CC(C)=N/C1=C(/c1ccc(I)cc1)c1c(C)cc(C)n1B(C#CCOCCOCO)C#CCOCCOCCO. The molecule has 2 N–H and O–H groups in total. The van der Waals surface area contributed by atoms with Gasteiger partial charge in [0.2, 0.25) is 0 Å². The minimum absolute atomic E-state index is 0.0170. The summed E-state index contributed by atoms with van der Waals surface area (Å²) in [6.45, 7) is 9.55. The zero-order valence-corrected chi connectivity index (χ0v) is 26.9. The van der Waals surface area contributed by atoms with Gasteiger partial charge in [-0.05, 0) is 91.3 Å². The molecule has 10 heteroatoms. The molecule has 0 fully saturated rings. The van der Waals surface area contributed by atoms with Crippen LogP contribution in [0.3, 0.4) is 0 Å². The third-order valence-electron chi connectivity index (χ3n) is 6.27. The summed E-state index contributed by atoms with van der Waals surface area (Å²) in [6, 6.07) is 10.6. The van der Waals surface area contributed by atoms with Crippen LogP contribution in [0, 0.1) is 40.9 Å². The van der Waals surface area contributed by atoms with Crippen molar-refractivity contribution < 1.29 is 29.2 Å². The van der Waals surface area contributed by atoms with Crippen molar-refractivity contribution in [1.82, 2.24) is 4.48 Å². The number of ether oxygens (including phenoxy) is 4. The number of aliphatic imine (C=N–C) groups is 1. The zero-order chi connectivity index (χ0) is 30.3. The predicted molar refractivity (Wildman–Crippen MR) is 175 cm³/mol. The number of aliphatic hydroxyl groups excluding tert-OH is 2. The number of benzene rings is 1. The molecule has 0 spiro atoms. The van der Waals surface area contributed by atoms with E-state index in [0.29, 0.717) is 26.4 Å². The van der Waals surface area contributed by atoms with Crippen molar-refractivity contribution in [3.05, 3.63) is 73.8 Å². The van der Waals surface area contributed by atoms with Crippen LogP contribution in [0.4, 0.5) is 0 Å². The first-order valence-electron chi connectivity index (χ1n) is 13.8. The first-order chi connectivity index (χ1) is 20.4. The van der Waals surface area contributed by atoms with Gasteiger partial charge in [-0.15, -0.1) is 11.6 Å². The van der Waals surface area contributed by atoms with Crippen molar-refractivity contribution in [2.75, 3.05) is 59.6 Å². The van der Waals surface area contributed by atoms with Crippen molar-refractivity contribution in [3.8, 4) is 23.5 Å². The number of rotatable bonds is 14. The number of aliphatic hydroxyl groups is 2. The van der Waals surface area contributed by atoms with Crippen molar-refractivity contribution in [2.45, 2.75) is 27.7 Å². The second-order valence-corrected chi connectivity index (χ2v) is 10.8. The van der Waals surface area contributed by atoms with Crippen LogP contribution >= 0.6 is 22.6 Å². The summed E-state index contributed by atoms with van der Waals surface area (Å²) in [7, 11) is 0. The largest absolute Gasteiger partial charge is 0.433 e. The van der Waals surface area contributed by atoms with Crippen LogP contribution in [0.2, 0.25) is 0 Å². The Balaban J connectivity index is 2.03. The Hall–Kier alpha value is -2.68. The standard InChI is InChI=1S/C32H38BIN2O6/c1-24-21-26(3)35-31(24)30(28-7-9-29(34)10-8-28)32-25(2)22-27(4)36(32)33(12-6-15-40-19-20-42-23-38)11-5-14-39-17-18-41-16-13-37/h7-10,21-22,37-38H,13-20,23H2,1-4H3/b31-30-. The molecule has 0 saturated heterocycles. The Morgan fingerprint density at radius 3 is 2.07 bits per heavy atom. The molecule has 3 rings (SSSR count). The number of halogens is 1. The lowest BCUT2D eigenvalue weighted by Gasteiger charge is -2.19. The lowest BCUT2D eigenvalue weighted by Crippen LogP contribution is -2.26. The summed E-state index contributed by atoms with van der Waals surface area (Å²) in [5, 5.41) is 17.6. The maximum atomic E-state index is 8.84. The van der Waals surface area contributed by atoms with Gasteiger partial charge in [-0.25, -0.2) is 0 Å². The summed E-state index contributed by atoms with van der Waals surface area (Å²) in [4.78, 5) is 4.94. The van der Waals surface area contributed by atoms with Gasteiger partial charge in [-0.3, -0.25) is 4.99 Å². The number of aromatic nitrogens is 1. The lowest BCUT2D eigenvalue weighted by atomic mass is 9.63. The quantitative estimate of drug-likeness (QED) is 0.103. The monoisotopic (exact) mass is 684 g/mol. The topological polar surface area (TPSA) is 94.7 Å². The van der Waals surface area contributed by atoms with Crippen LogP contribution in [0.15, 0.2) is 52.7 Å². The smallest absolute Gasteiger partial charge is 0.394 e. The molecule has 42 heavy (non-hydrogen) atoms. The average Bonchev–Trinajstić information content (AvgIpc) is 3.45. The Labute approximate surface area is 263 Å². The van der Waals surface area contributed by atoms with Gasteiger partial charge in [-0.2, -0.15) is 0 Å². The van der Waals surface area contributed by atoms with Gasteiger partial charge in [0, 0.05) is 26.2 Å². The molecule has 1 aliphatic rings. The van der Waals surface area contributed by atoms with Crippen molar-refractivity contribution in [2.24, 2.45) is 4.99 Å². The van der Waals surface area contributed by atoms with Crippen LogP contribution < -0.4 is 0 Å². The number of allylic oxidation sites excluding steroid dienone is 2. The molecular weight excluding hydrogens is 646 g/mol. The normalized spacial score (nSPS) is 13.6.